The van der Waals surface area contributed by atoms with Gasteiger partial charge >= 0.3 is 12.0 Å². The van der Waals surface area contributed by atoms with E-state index in [1.807, 2.05) is 31.2 Å². The van der Waals surface area contributed by atoms with E-state index in [1.165, 1.54) is 0 Å². The van der Waals surface area contributed by atoms with E-state index in [4.69, 9.17) is 22.1 Å². The molecule has 0 fully saturated rings. The first-order chi connectivity index (χ1) is 13.3. The third kappa shape index (κ3) is 6.92. The Morgan fingerprint density at radius 2 is 1.79 bits per heavy atom. The molecule has 28 heavy (non-hydrogen) atoms. The molecule has 1 atom stereocenters. The lowest BCUT2D eigenvalue weighted by Crippen LogP contribution is -2.35. The Hall–Kier alpha value is -3.06. The molecule has 0 saturated heterocycles. The third-order valence-electron chi connectivity index (χ3n) is 4.06. The van der Waals surface area contributed by atoms with Gasteiger partial charge in [0.05, 0.1) is 12.5 Å². The van der Waals surface area contributed by atoms with Crippen LogP contribution in [0, 0.1) is 6.92 Å². The van der Waals surface area contributed by atoms with E-state index in [2.05, 4.69) is 10.6 Å². The minimum atomic E-state index is -0.774. The predicted molar refractivity (Wildman–Crippen MR) is 106 cm³/mol. The molecule has 2 aromatic rings. The molecule has 2 aromatic carbocycles. The molecule has 0 aliphatic rings. The van der Waals surface area contributed by atoms with Crippen LogP contribution in [-0.2, 0) is 20.9 Å². The first kappa shape index (κ1) is 21.2. The number of aryl methyl sites for hydroxylation is 1. The van der Waals surface area contributed by atoms with Crippen molar-refractivity contribution in [2.75, 3.05) is 6.61 Å². The number of esters is 1. The molecule has 0 spiro atoms. The lowest BCUT2D eigenvalue weighted by Gasteiger charge is -2.17. The standard InChI is InChI=1S/C20H22ClN3O4/c1-13-4-2-3-5-15(13)11-23-18(25)12-28-19(26)10-17(24-20(22)27)14-6-8-16(21)9-7-14/h2-9,17H,10-12H2,1H3,(H,23,25)(H3,22,24,27)/t17-/m0/s1. The summed E-state index contributed by atoms with van der Waals surface area (Å²) in [6.07, 6.45) is -0.171. The Morgan fingerprint density at radius 3 is 2.43 bits per heavy atom. The number of urea groups is 1. The summed E-state index contributed by atoms with van der Waals surface area (Å²) in [5, 5.41) is 5.70. The number of nitrogens with one attached hydrogen (secondary N) is 2. The van der Waals surface area contributed by atoms with Gasteiger partial charge in [0.1, 0.15) is 0 Å². The Labute approximate surface area is 168 Å². The van der Waals surface area contributed by atoms with Crippen LogP contribution in [0.5, 0.6) is 0 Å². The van der Waals surface area contributed by atoms with Crippen molar-refractivity contribution in [2.45, 2.75) is 25.9 Å². The Balaban J connectivity index is 1.84. The largest absolute Gasteiger partial charge is 0.456 e. The molecule has 0 aliphatic heterocycles. The highest BCUT2D eigenvalue weighted by atomic mass is 35.5. The van der Waals surface area contributed by atoms with Gasteiger partial charge in [-0.1, -0.05) is 48.0 Å². The van der Waals surface area contributed by atoms with Gasteiger partial charge in [0.15, 0.2) is 6.61 Å². The van der Waals surface area contributed by atoms with E-state index < -0.39 is 30.6 Å². The number of benzene rings is 2. The highest BCUT2D eigenvalue weighted by Gasteiger charge is 2.19. The summed E-state index contributed by atoms with van der Waals surface area (Å²) < 4.78 is 5.01. The normalized spacial score (nSPS) is 11.4. The summed E-state index contributed by atoms with van der Waals surface area (Å²) in [7, 11) is 0. The minimum Gasteiger partial charge on any atom is -0.456 e. The summed E-state index contributed by atoms with van der Waals surface area (Å²) in [4.78, 5) is 35.2. The van der Waals surface area contributed by atoms with Gasteiger partial charge in [-0.15, -0.1) is 0 Å². The van der Waals surface area contributed by atoms with E-state index in [0.29, 0.717) is 17.1 Å². The van der Waals surface area contributed by atoms with Crippen LogP contribution in [0.1, 0.15) is 29.2 Å². The maximum absolute atomic E-state index is 12.1. The van der Waals surface area contributed by atoms with Gasteiger partial charge in [-0.3, -0.25) is 9.59 Å². The Morgan fingerprint density at radius 1 is 1.11 bits per heavy atom. The number of carbonyl (C=O) groups excluding carboxylic acids is 3. The number of hydrogen-bond acceptors (Lipinski definition) is 4. The molecule has 0 radical (unpaired) electrons. The van der Waals surface area contributed by atoms with E-state index in [-0.39, 0.29) is 6.42 Å². The van der Waals surface area contributed by atoms with Crippen molar-refractivity contribution in [3.05, 3.63) is 70.2 Å². The van der Waals surface area contributed by atoms with Crippen LogP contribution in [0.15, 0.2) is 48.5 Å². The van der Waals surface area contributed by atoms with Crippen LogP contribution in [0.4, 0.5) is 4.79 Å². The van der Waals surface area contributed by atoms with Crippen LogP contribution >= 0.6 is 11.6 Å². The average Bonchev–Trinajstić information content (AvgIpc) is 2.65. The van der Waals surface area contributed by atoms with Crippen molar-refractivity contribution >= 4 is 29.5 Å². The first-order valence-corrected chi connectivity index (χ1v) is 9.01. The molecular formula is C20H22ClN3O4. The van der Waals surface area contributed by atoms with Crippen LogP contribution < -0.4 is 16.4 Å². The topological polar surface area (TPSA) is 111 Å². The molecular weight excluding hydrogens is 382 g/mol. The molecule has 0 heterocycles. The van der Waals surface area contributed by atoms with Crippen LogP contribution in [0.2, 0.25) is 5.02 Å². The number of hydrogen-bond donors (Lipinski definition) is 3. The smallest absolute Gasteiger partial charge is 0.312 e. The zero-order chi connectivity index (χ0) is 20.5. The maximum Gasteiger partial charge on any atom is 0.312 e. The summed E-state index contributed by atoms with van der Waals surface area (Å²) >= 11 is 5.85. The van der Waals surface area contributed by atoms with Gasteiger partial charge in [-0.05, 0) is 35.7 Å². The molecule has 3 amide bonds. The van der Waals surface area contributed by atoms with Gasteiger partial charge in [0.2, 0.25) is 0 Å². The quantitative estimate of drug-likeness (QED) is 0.588. The number of primary amides is 1. The second-order valence-corrected chi connectivity index (χ2v) is 6.62. The van der Waals surface area contributed by atoms with Crippen LogP contribution in [-0.4, -0.2) is 24.5 Å². The first-order valence-electron chi connectivity index (χ1n) is 8.63. The molecule has 0 aliphatic carbocycles. The number of halogens is 1. The van der Waals surface area contributed by atoms with E-state index in [0.717, 1.165) is 11.1 Å². The third-order valence-corrected chi connectivity index (χ3v) is 4.31. The van der Waals surface area contributed by atoms with Gasteiger partial charge in [0, 0.05) is 11.6 Å². The number of carbonyl (C=O) groups is 3. The van der Waals surface area contributed by atoms with E-state index in [1.54, 1.807) is 24.3 Å². The van der Waals surface area contributed by atoms with Crippen molar-refractivity contribution in [1.29, 1.82) is 0 Å². The minimum absolute atomic E-state index is 0.171. The molecule has 148 valence electrons. The van der Waals surface area contributed by atoms with Crippen molar-refractivity contribution < 1.29 is 19.1 Å². The predicted octanol–water partition coefficient (Wildman–Crippen LogP) is 2.61. The summed E-state index contributed by atoms with van der Waals surface area (Å²) in [5.74, 6) is -1.05. The lowest BCUT2D eigenvalue weighted by atomic mass is 10.0. The Kier molecular flexibility index (Phi) is 7.83. The molecule has 7 nitrogen and oxygen atoms in total. The van der Waals surface area contributed by atoms with E-state index in [9.17, 15) is 14.4 Å². The Bertz CT molecular complexity index is 840. The monoisotopic (exact) mass is 403 g/mol. The number of nitrogens with two attached hydrogens (primary N) is 1. The fraction of sp³-hybridized carbons (Fsp3) is 0.250. The number of amides is 3. The van der Waals surface area contributed by atoms with E-state index >= 15 is 0 Å². The molecule has 0 bridgehead atoms. The molecule has 2 rings (SSSR count). The summed E-state index contributed by atoms with van der Waals surface area (Å²) in [6.45, 7) is 1.89. The fourth-order valence-corrected chi connectivity index (χ4v) is 2.67. The molecule has 0 unspecified atom stereocenters. The van der Waals surface area contributed by atoms with Gasteiger partial charge in [0.25, 0.3) is 5.91 Å². The lowest BCUT2D eigenvalue weighted by molar-refractivity contribution is -0.149. The summed E-state index contributed by atoms with van der Waals surface area (Å²) in [5.41, 5.74) is 7.86. The second-order valence-electron chi connectivity index (χ2n) is 6.18. The average molecular weight is 404 g/mol. The maximum atomic E-state index is 12.1. The van der Waals surface area contributed by atoms with Crippen molar-refractivity contribution in [3.8, 4) is 0 Å². The molecule has 4 N–H and O–H groups in total. The van der Waals surface area contributed by atoms with Gasteiger partial charge in [-0.25, -0.2) is 4.79 Å². The van der Waals surface area contributed by atoms with Crippen LogP contribution in [0.3, 0.4) is 0 Å². The summed E-state index contributed by atoms with van der Waals surface area (Å²) in [6, 6.07) is 12.8. The highest BCUT2D eigenvalue weighted by Crippen LogP contribution is 2.20. The molecule has 0 aromatic heterocycles. The molecule has 8 heteroatoms. The fourth-order valence-electron chi connectivity index (χ4n) is 2.54. The van der Waals surface area contributed by atoms with Crippen molar-refractivity contribution in [2.24, 2.45) is 5.73 Å². The highest BCUT2D eigenvalue weighted by molar-refractivity contribution is 6.30. The van der Waals surface area contributed by atoms with Gasteiger partial charge < -0.3 is 21.1 Å². The number of ether oxygens (including phenoxy) is 1. The zero-order valence-electron chi connectivity index (χ0n) is 15.4. The second kappa shape index (κ2) is 10.3. The zero-order valence-corrected chi connectivity index (χ0v) is 16.2. The van der Waals surface area contributed by atoms with Gasteiger partial charge in [-0.2, -0.15) is 0 Å². The van der Waals surface area contributed by atoms with Crippen molar-refractivity contribution in [3.63, 3.8) is 0 Å². The number of rotatable bonds is 8. The molecule has 0 saturated carbocycles. The van der Waals surface area contributed by atoms with Crippen molar-refractivity contribution in [1.82, 2.24) is 10.6 Å². The van der Waals surface area contributed by atoms with Crippen LogP contribution in [0.25, 0.3) is 0 Å². The SMILES string of the molecule is Cc1ccccc1CNC(=O)COC(=O)C[C@H](NC(N)=O)c1ccc(Cl)cc1.